The van der Waals surface area contributed by atoms with Gasteiger partial charge in [-0.05, 0) is 56.6 Å². The molecule has 2 unspecified atom stereocenters. The lowest BCUT2D eigenvalue weighted by molar-refractivity contribution is 0.0630. The average Bonchev–Trinajstić information content (AvgIpc) is 3.31. The van der Waals surface area contributed by atoms with Crippen LogP contribution in [0.5, 0.6) is 5.88 Å². The first-order valence-corrected chi connectivity index (χ1v) is 8.27. The number of ether oxygens (including phenoxy) is 1. The lowest BCUT2D eigenvalue weighted by atomic mass is 9.94. The zero-order valence-corrected chi connectivity index (χ0v) is 13.0. The van der Waals surface area contributed by atoms with Gasteiger partial charge in [0.2, 0.25) is 5.88 Å². The third-order valence-corrected chi connectivity index (χ3v) is 5.14. The van der Waals surface area contributed by atoms with Gasteiger partial charge < -0.3 is 9.64 Å². The van der Waals surface area contributed by atoms with E-state index in [1.165, 1.54) is 12.8 Å². The molecule has 0 radical (unpaired) electrons. The highest BCUT2D eigenvalue weighted by Gasteiger charge is 2.42. The minimum absolute atomic E-state index is 0.0860. The Morgan fingerprint density at radius 2 is 2.00 bits per heavy atom. The van der Waals surface area contributed by atoms with Crippen molar-refractivity contribution < 1.29 is 9.53 Å². The van der Waals surface area contributed by atoms with Crippen LogP contribution < -0.4 is 4.74 Å². The van der Waals surface area contributed by atoms with Crippen molar-refractivity contribution in [2.24, 2.45) is 5.92 Å². The molecule has 2 aliphatic heterocycles. The first kappa shape index (κ1) is 13.8. The van der Waals surface area contributed by atoms with Crippen LogP contribution >= 0.6 is 0 Å². The van der Waals surface area contributed by atoms with Gasteiger partial charge in [0.25, 0.3) is 5.91 Å². The summed E-state index contributed by atoms with van der Waals surface area (Å²) in [5, 5.41) is 0. The summed E-state index contributed by atoms with van der Waals surface area (Å²) in [5.41, 5.74) is 2.17. The van der Waals surface area contributed by atoms with Gasteiger partial charge in [0.15, 0.2) is 0 Å². The van der Waals surface area contributed by atoms with Gasteiger partial charge in [0.05, 0.1) is 7.11 Å². The van der Waals surface area contributed by atoms with Crippen molar-refractivity contribution in [3.05, 3.63) is 35.5 Å². The van der Waals surface area contributed by atoms with Crippen LogP contribution in [-0.4, -0.2) is 35.0 Å². The second kappa shape index (κ2) is 5.41. The predicted octanol–water partition coefficient (Wildman–Crippen LogP) is 3.19. The summed E-state index contributed by atoms with van der Waals surface area (Å²) < 4.78 is 5.26. The van der Waals surface area contributed by atoms with Crippen LogP contribution in [0.25, 0.3) is 0 Å². The Kier molecular flexibility index (Phi) is 3.40. The van der Waals surface area contributed by atoms with Gasteiger partial charge in [-0.25, -0.2) is 4.98 Å². The van der Waals surface area contributed by atoms with E-state index in [4.69, 9.17) is 4.74 Å². The zero-order chi connectivity index (χ0) is 15.1. The topological polar surface area (TPSA) is 42.4 Å². The number of carbonyl (C=O) groups is 1. The molecule has 2 saturated heterocycles. The van der Waals surface area contributed by atoms with Crippen LogP contribution in [0.4, 0.5) is 0 Å². The monoisotopic (exact) mass is 298 g/mol. The molecule has 3 heterocycles. The van der Waals surface area contributed by atoms with Crippen LogP contribution in [-0.2, 0) is 0 Å². The van der Waals surface area contributed by atoms with Crippen molar-refractivity contribution in [2.45, 2.75) is 50.6 Å². The van der Waals surface area contributed by atoms with Gasteiger partial charge in [0, 0.05) is 18.3 Å². The number of aromatic nitrogens is 1. The van der Waals surface area contributed by atoms with E-state index in [2.05, 4.69) is 16.0 Å². The maximum atomic E-state index is 13.0. The van der Waals surface area contributed by atoms with E-state index >= 15 is 0 Å². The Morgan fingerprint density at radius 1 is 1.27 bits per heavy atom. The molecule has 4 heteroatoms. The molecule has 1 amide bonds. The van der Waals surface area contributed by atoms with Crippen molar-refractivity contribution in [3.8, 4) is 5.88 Å². The van der Waals surface area contributed by atoms with Crippen molar-refractivity contribution in [1.82, 2.24) is 9.88 Å². The van der Waals surface area contributed by atoms with E-state index in [0.29, 0.717) is 23.5 Å². The van der Waals surface area contributed by atoms with E-state index in [1.54, 1.807) is 24.9 Å². The van der Waals surface area contributed by atoms with Gasteiger partial charge in [-0.15, -0.1) is 0 Å². The number of carbonyl (C=O) groups excluding carboxylic acids is 1. The summed E-state index contributed by atoms with van der Waals surface area (Å²) in [4.78, 5) is 19.2. The number of nitrogens with zero attached hydrogens (tertiary/aromatic N) is 2. The molecule has 1 aliphatic carbocycles. The van der Waals surface area contributed by atoms with E-state index in [-0.39, 0.29) is 5.91 Å². The van der Waals surface area contributed by atoms with Crippen LogP contribution in [0.15, 0.2) is 30.0 Å². The average molecular weight is 298 g/mol. The molecule has 116 valence electrons. The first-order chi connectivity index (χ1) is 10.8. The molecule has 4 nitrogen and oxygen atoms in total. The largest absolute Gasteiger partial charge is 0.480 e. The Morgan fingerprint density at radius 3 is 2.64 bits per heavy atom. The van der Waals surface area contributed by atoms with Crippen LogP contribution in [0.1, 0.15) is 48.9 Å². The number of hydrogen-bond acceptors (Lipinski definition) is 3. The number of methoxy groups -OCH3 is 1. The van der Waals surface area contributed by atoms with E-state index in [0.717, 1.165) is 31.6 Å². The second-order valence-corrected chi connectivity index (χ2v) is 6.73. The summed E-state index contributed by atoms with van der Waals surface area (Å²) in [7, 11) is 1.57. The summed E-state index contributed by atoms with van der Waals surface area (Å²) in [5.74, 6) is 1.35. The Labute approximate surface area is 131 Å². The maximum absolute atomic E-state index is 13.0. The number of fused-ring (bicyclic) bond motifs is 2. The van der Waals surface area contributed by atoms with Gasteiger partial charge >= 0.3 is 0 Å². The number of piperidine rings is 1. The summed E-state index contributed by atoms with van der Waals surface area (Å²) >= 11 is 0. The highest BCUT2D eigenvalue weighted by Crippen LogP contribution is 2.42. The molecule has 0 N–H and O–H groups in total. The Balaban J connectivity index is 1.57. The van der Waals surface area contributed by atoms with Crippen molar-refractivity contribution >= 4 is 5.91 Å². The van der Waals surface area contributed by atoms with E-state index < -0.39 is 0 Å². The summed E-state index contributed by atoms with van der Waals surface area (Å²) in [6.07, 6.45) is 11.2. The number of allylic oxidation sites excluding steroid dienone is 1. The molecular formula is C18H22N2O2. The normalized spacial score (nSPS) is 27.0. The standard InChI is InChI=1S/C18H22N2O2/c1-22-17-16(3-2-8-19-17)18(21)20-14-6-7-15(20)11-13(10-14)9-12-4-5-12/h2-3,8-9,12,14-15H,4-7,10-11H2,1H3. The molecule has 2 atom stereocenters. The lowest BCUT2D eigenvalue weighted by Crippen LogP contribution is -2.44. The minimum Gasteiger partial charge on any atom is -0.480 e. The molecule has 1 aromatic heterocycles. The molecule has 3 fully saturated rings. The van der Waals surface area contributed by atoms with Gasteiger partial charge in [-0.2, -0.15) is 0 Å². The molecule has 2 bridgehead atoms. The molecule has 1 aromatic rings. The molecule has 1 saturated carbocycles. The third-order valence-electron chi connectivity index (χ3n) is 5.14. The number of pyridine rings is 1. The van der Waals surface area contributed by atoms with Crippen molar-refractivity contribution in [1.29, 1.82) is 0 Å². The van der Waals surface area contributed by atoms with Crippen molar-refractivity contribution in [3.63, 3.8) is 0 Å². The molecule has 22 heavy (non-hydrogen) atoms. The summed E-state index contributed by atoms with van der Waals surface area (Å²) in [6.45, 7) is 0. The molecule has 0 spiro atoms. The predicted molar refractivity (Wildman–Crippen MR) is 83.8 cm³/mol. The Bertz CT molecular complexity index is 605. The zero-order valence-electron chi connectivity index (χ0n) is 13.0. The third kappa shape index (κ3) is 2.40. The highest BCUT2D eigenvalue weighted by atomic mass is 16.5. The van der Waals surface area contributed by atoms with Gasteiger partial charge in [-0.3, -0.25) is 4.79 Å². The van der Waals surface area contributed by atoms with Gasteiger partial charge in [0.1, 0.15) is 5.56 Å². The lowest BCUT2D eigenvalue weighted by Gasteiger charge is -2.36. The second-order valence-electron chi connectivity index (χ2n) is 6.73. The molecule has 4 rings (SSSR count). The molecule has 3 aliphatic rings. The Hall–Kier alpha value is -1.84. The fourth-order valence-corrected chi connectivity index (χ4v) is 3.97. The SMILES string of the molecule is COc1ncccc1C(=O)N1C2CCC1CC(=CC1CC1)C2. The first-order valence-electron chi connectivity index (χ1n) is 8.27. The fraction of sp³-hybridized carbons (Fsp3) is 0.556. The molecular weight excluding hydrogens is 276 g/mol. The number of rotatable bonds is 3. The number of hydrogen-bond donors (Lipinski definition) is 0. The fourth-order valence-electron chi connectivity index (χ4n) is 3.97. The van der Waals surface area contributed by atoms with Crippen LogP contribution in [0.2, 0.25) is 0 Å². The quantitative estimate of drug-likeness (QED) is 0.805. The van der Waals surface area contributed by atoms with Gasteiger partial charge in [-0.1, -0.05) is 11.6 Å². The minimum atomic E-state index is 0.0860. The number of amides is 1. The van der Waals surface area contributed by atoms with Crippen LogP contribution in [0.3, 0.4) is 0 Å². The van der Waals surface area contributed by atoms with Crippen molar-refractivity contribution in [2.75, 3.05) is 7.11 Å². The molecule has 0 aromatic carbocycles. The summed E-state index contributed by atoms with van der Waals surface area (Å²) in [6, 6.07) is 4.35. The maximum Gasteiger partial charge on any atom is 0.259 e. The highest BCUT2D eigenvalue weighted by molar-refractivity contribution is 5.97. The van der Waals surface area contributed by atoms with E-state index in [1.807, 2.05) is 6.07 Å². The van der Waals surface area contributed by atoms with E-state index in [9.17, 15) is 4.79 Å². The smallest absolute Gasteiger partial charge is 0.259 e. The van der Waals surface area contributed by atoms with Crippen LogP contribution in [0, 0.1) is 5.92 Å².